The molecule has 28 heavy (non-hydrogen) atoms. The Morgan fingerprint density at radius 1 is 1.11 bits per heavy atom. The van der Waals surface area contributed by atoms with Crippen molar-refractivity contribution in [2.24, 2.45) is 0 Å². The van der Waals surface area contributed by atoms with E-state index in [1.54, 1.807) is 56.7 Å². The van der Waals surface area contributed by atoms with E-state index in [-0.39, 0.29) is 12.5 Å². The lowest BCUT2D eigenvalue weighted by molar-refractivity contribution is -0.117. The Hall–Kier alpha value is -3.62. The SMILES string of the molecule is CCOc1cc(-c2nnn(CC(=O)Nc3cccc(OC)c3)n2)ccc1OC. The Bertz CT molecular complexity index is 957. The molecule has 0 saturated heterocycles. The maximum atomic E-state index is 12.2. The molecule has 1 N–H and O–H groups in total. The molecule has 0 aliphatic carbocycles. The summed E-state index contributed by atoms with van der Waals surface area (Å²) in [5.74, 6) is 1.98. The summed E-state index contributed by atoms with van der Waals surface area (Å²) in [6.07, 6.45) is 0. The Morgan fingerprint density at radius 3 is 2.71 bits per heavy atom. The van der Waals surface area contributed by atoms with Crippen molar-refractivity contribution in [2.45, 2.75) is 13.5 Å². The van der Waals surface area contributed by atoms with Gasteiger partial charge in [-0.2, -0.15) is 4.80 Å². The monoisotopic (exact) mass is 383 g/mol. The first kappa shape index (κ1) is 19.2. The van der Waals surface area contributed by atoms with Gasteiger partial charge in [0, 0.05) is 17.3 Å². The van der Waals surface area contributed by atoms with Gasteiger partial charge in [0.15, 0.2) is 11.5 Å². The fourth-order valence-electron chi connectivity index (χ4n) is 2.54. The van der Waals surface area contributed by atoms with Gasteiger partial charge in [-0.25, -0.2) is 0 Å². The topological polar surface area (TPSA) is 100 Å². The number of rotatable bonds is 8. The summed E-state index contributed by atoms with van der Waals surface area (Å²) in [4.78, 5) is 13.5. The number of carbonyl (C=O) groups excluding carboxylic acids is 1. The summed E-state index contributed by atoms with van der Waals surface area (Å²) in [5.41, 5.74) is 1.34. The average molecular weight is 383 g/mol. The van der Waals surface area contributed by atoms with Crippen molar-refractivity contribution in [3.63, 3.8) is 0 Å². The van der Waals surface area contributed by atoms with Crippen molar-refractivity contribution >= 4 is 11.6 Å². The fraction of sp³-hybridized carbons (Fsp3) is 0.263. The third-order valence-corrected chi connectivity index (χ3v) is 3.81. The standard InChI is InChI=1S/C19H21N5O4/c1-4-28-17-10-13(8-9-16(17)27-3)19-21-23-24(22-19)12-18(25)20-14-6-5-7-15(11-14)26-2/h5-11H,4,12H2,1-3H3,(H,20,25). The molecule has 1 aromatic heterocycles. The van der Waals surface area contributed by atoms with E-state index in [0.29, 0.717) is 40.9 Å². The maximum absolute atomic E-state index is 12.2. The Balaban J connectivity index is 1.70. The van der Waals surface area contributed by atoms with Gasteiger partial charge in [0.1, 0.15) is 12.3 Å². The van der Waals surface area contributed by atoms with Crippen LogP contribution in [0.3, 0.4) is 0 Å². The first-order valence-corrected chi connectivity index (χ1v) is 8.66. The number of aromatic nitrogens is 4. The van der Waals surface area contributed by atoms with E-state index in [9.17, 15) is 4.79 Å². The van der Waals surface area contributed by atoms with Crippen LogP contribution in [0.5, 0.6) is 17.2 Å². The van der Waals surface area contributed by atoms with Gasteiger partial charge in [0.25, 0.3) is 0 Å². The third kappa shape index (κ3) is 4.56. The molecule has 3 aromatic rings. The third-order valence-electron chi connectivity index (χ3n) is 3.81. The van der Waals surface area contributed by atoms with Crippen molar-refractivity contribution in [1.82, 2.24) is 20.2 Å². The van der Waals surface area contributed by atoms with Gasteiger partial charge in [0.2, 0.25) is 11.7 Å². The zero-order chi connectivity index (χ0) is 19.9. The molecule has 0 saturated carbocycles. The van der Waals surface area contributed by atoms with E-state index in [4.69, 9.17) is 14.2 Å². The van der Waals surface area contributed by atoms with Gasteiger partial charge >= 0.3 is 0 Å². The number of nitrogens with zero attached hydrogens (tertiary/aromatic N) is 4. The van der Waals surface area contributed by atoms with E-state index in [1.807, 2.05) is 6.92 Å². The number of benzene rings is 2. The van der Waals surface area contributed by atoms with E-state index in [0.717, 1.165) is 0 Å². The molecule has 1 heterocycles. The van der Waals surface area contributed by atoms with Crippen molar-refractivity contribution in [1.29, 1.82) is 0 Å². The number of hydrogen-bond donors (Lipinski definition) is 1. The number of ether oxygens (including phenoxy) is 3. The molecule has 0 bridgehead atoms. The molecule has 2 aromatic carbocycles. The highest BCUT2D eigenvalue weighted by Crippen LogP contribution is 2.31. The zero-order valence-corrected chi connectivity index (χ0v) is 15.9. The molecule has 0 radical (unpaired) electrons. The van der Waals surface area contributed by atoms with Crippen LogP contribution in [-0.4, -0.2) is 46.9 Å². The van der Waals surface area contributed by atoms with Crippen LogP contribution in [0.15, 0.2) is 42.5 Å². The van der Waals surface area contributed by atoms with E-state index in [2.05, 4.69) is 20.7 Å². The van der Waals surface area contributed by atoms with Crippen LogP contribution in [0.2, 0.25) is 0 Å². The number of nitrogens with one attached hydrogen (secondary N) is 1. The van der Waals surface area contributed by atoms with Gasteiger partial charge < -0.3 is 19.5 Å². The van der Waals surface area contributed by atoms with E-state index in [1.165, 1.54) is 4.80 Å². The highest BCUT2D eigenvalue weighted by molar-refractivity contribution is 5.90. The smallest absolute Gasteiger partial charge is 0.248 e. The van der Waals surface area contributed by atoms with Crippen molar-refractivity contribution < 1.29 is 19.0 Å². The summed E-state index contributed by atoms with van der Waals surface area (Å²) in [5, 5.41) is 15.0. The largest absolute Gasteiger partial charge is 0.497 e. The molecule has 9 heteroatoms. The second-order valence-electron chi connectivity index (χ2n) is 5.72. The van der Waals surface area contributed by atoms with Crippen LogP contribution < -0.4 is 19.5 Å². The Kier molecular flexibility index (Phi) is 6.05. The molecule has 0 spiro atoms. The second kappa shape index (κ2) is 8.85. The Morgan fingerprint density at radius 2 is 1.96 bits per heavy atom. The number of hydrogen-bond acceptors (Lipinski definition) is 7. The summed E-state index contributed by atoms with van der Waals surface area (Å²) >= 11 is 0. The molecule has 146 valence electrons. The highest BCUT2D eigenvalue weighted by atomic mass is 16.5. The average Bonchev–Trinajstić information content (AvgIpc) is 3.16. The normalized spacial score (nSPS) is 10.4. The first-order valence-electron chi connectivity index (χ1n) is 8.66. The molecule has 3 rings (SSSR count). The minimum Gasteiger partial charge on any atom is -0.497 e. The van der Waals surface area contributed by atoms with Crippen LogP contribution in [0.25, 0.3) is 11.4 Å². The molecular weight excluding hydrogens is 362 g/mol. The number of methoxy groups -OCH3 is 2. The van der Waals surface area contributed by atoms with Crippen molar-refractivity contribution in [3.05, 3.63) is 42.5 Å². The summed E-state index contributed by atoms with van der Waals surface area (Å²) in [6, 6.07) is 12.4. The second-order valence-corrected chi connectivity index (χ2v) is 5.72. The Labute approximate surface area is 162 Å². The van der Waals surface area contributed by atoms with Crippen molar-refractivity contribution in [2.75, 3.05) is 26.1 Å². The summed E-state index contributed by atoms with van der Waals surface area (Å²) < 4.78 is 16.0. The number of tetrazole rings is 1. The minimum absolute atomic E-state index is 0.0708. The zero-order valence-electron chi connectivity index (χ0n) is 15.9. The van der Waals surface area contributed by atoms with Crippen LogP contribution in [0.1, 0.15) is 6.92 Å². The van der Waals surface area contributed by atoms with Crippen LogP contribution in [0.4, 0.5) is 5.69 Å². The van der Waals surface area contributed by atoms with Gasteiger partial charge in [-0.15, -0.1) is 10.2 Å². The van der Waals surface area contributed by atoms with Gasteiger partial charge in [-0.3, -0.25) is 4.79 Å². The quantitative estimate of drug-likeness (QED) is 0.637. The van der Waals surface area contributed by atoms with Crippen molar-refractivity contribution in [3.8, 4) is 28.6 Å². The number of carbonyl (C=O) groups is 1. The number of amides is 1. The summed E-state index contributed by atoms with van der Waals surface area (Å²) in [6.45, 7) is 2.32. The molecule has 0 fully saturated rings. The van der Waals surface area contributed by atoms with Crippen LogP contribution >= 0.6 is 0 Å². The molecule has 0 aliphatic heterocycles. The van der Waals surface area contributed by atoms with Gasteiger partial charge in [-0.05, 0) is 42.5 Å². The predicted octanol–water partition coefficient (Wildman–Crippen LogP) is 2.39. The van der Waals surface area contributed by atoms with Crippen LogP contribution in [0, 0.1) is 0 Å². The lowest BCUT2D eigenvalue weighted by Gasteiger charge is -2.09. The fourth-order valence-corrected chi connectivity index (χ4v) is 2.54. The molecule has 1 amide bonds. The molecule has 0 atom stereocenters. The van der Waals surface area contributed by atoms with E-state index < -0.39 is 0 Å². The summed E-state index contributed by atoms with van der Waals surface area (Å²) in [7, 11) is 3.14. The van der Waals surface area contributed by atoms with Crippen LogP contribution in [-0.2, 0) is 11.3 Å². The van der Waals surface area contributed by atoms with Gasteiger partial charge in [0.05, 0.1) is 20.8 Å². The molecule has 9 nitrogen and oxygen atoms in total. The predicted molar refractivity (Wildman–Crippen MR) is 103 cm³/mol. The maximum Gasteiger partial charge on any atom is 0.248 e. The highest BCUT2D eigenvalue weighted by Gasteiger charge is 2.13. The van der Waals surface area contributed by atoms with Gasteiger partial charge in [-0.1, -0.05) is 6.07 Å². The number of anilines is 1. The minimum atomic E-state index is -0.276. The lowest BCUT2D eigenvalue weighted by Crippen LogP contribution is -2.20. The first-order chi connectivity index (χ1) is 13.6. The lowest BCUT2D eigenvalue weighted by atomic mass is 10.2. The molecule has 0 aliphatic rings. The molecule has 0 unspecified atom stereocenters. The molecular formula is C19H21N5O4. The van der Waals surface area contributed by atoms with E-state index >= 15 is 0 Å².